The summed E-state index contributed by atoms with van der Waals surface area (Å²) < 4.78 is 13.6. The van der Waals surface area contributed by atoms with Crippen molar-refractivity contribution < 1.29 is 14.3 Å². The number of hydrogen-bond acceptors (Lipinski definition) is 3. The van der Waals surface area contributed by atoms with E-state index in [1.165, 1.54) is 10.4 Å². The van der Waals surface area contributed by atoms with Crippen LogP contribution < -0.4 is 10.4 Å². The van der Waals surface area contributed by atoms with Crippen LogP contribution in [0.15, 0.2) is 60.7 Å². The molecule has 3 atom stereocenters. The highest BCUT2D eigenvalue weighted by Gasteiger charge is 2.54. The number of hydrogen-bond donors (Lipinski definition) is 1. The first-order valence-electron chi connectivity index (χ1n) is 9.04. The second-order valence-corrected chi connectivity index (χ2v) is 13.0. The van der Waals surface area contributed by atoms with Gasteiger partial charge in [-0.05, 0) is 15.4 Å². The molecule has 1 fully saturated rings. The van der Waals surface area contributed by atoms with Crippen molar-refractivity contribution in [2.75, 3.05) is 11.0 Å². The fourth-order valence-corrected chi connectivity index (χ4v) is 9.33. The molecule has 140 valence electrons. The molecule has 1 N–H and O–H groups in total. The zero-order chi connectivity index (χ0) is 18.8. The van der Waals surface area contributed by atoms with Crippen LogP contribution in [0.3, 0.4) is 0 Å². The molecule has 1 aliphatic heterocycles. The number of benzene rings is 2. The van der Waals surface area contributed by atoms with Crippen molar-refractivity contribution in [2.45, 2.75) is 44.1 Å². The lowest BCUT2D eigenvalue weighted by Crippen LogP contribution is -2.69. The Labute approximate surface area is 171 Å². The maximum Gasteiger partial charge on any atom is 0.261 e. The Kier molecular flexibility index (Phi) is 6.24. The molecule has 0 spiro atoms. The van der Waals surface area contributed by atoms with E-state index < -0.39 is 14.4 Å². The van der Waals surface area contributed by atoms with E-state index in [1.807, 2.05) is 12.1 Å². The third-order valence-electron chi connectivity index (χ3n) is 5.11. The maximum absolute atomic E-state index is 10.6. The summed E-state index contributed by atoms with van der Waals surface area (Å²) in [5.41, 5.74) is 0. The van der Waals surface area contributed by atoms with Crippen LogP contribution in [0.1, 0.15) is 20.8 Å². The third-order valence-corrected chi connectivity index (χ3v) is 11.0. The fraction of sp³-hybridized carbons (Fsp3) is 0.429. The van der Waals surface area contributed by atoms with Crippen molar-refractivity contribution in [2.24, 2.45) is 0 Å². The third kappa shape index (κ3) is 3.64. The topological polar surface area (TPSA) is 38.7 Å². The summed E-state index contributed by atoms with van der Waals surface area (Å²) in [6.45, 7) is 7.10. The SMILES string of the molecule is CC(C)(C)[Si](O[C@H]1[C@H](O)CO[C@H]1CI)(c1ccccc1)c1ccccc1. The zero-order valence-electron chi connectivity index (χ0n) is 15.6. The number of aliphatic hydroxyl groups is 1. The summed E-state index contributed by atoms with van der Waals surface area (Å²) in [4.78, 5) is 0. The molecule has 0 unspecified atom stereocenters. The van der Waals surface area contributed by atoms with Gasteiger partial charge in [0.1, 0.15) is 12.2 Å². The highest BCUT2D eigenvalue weighted by Crippen LogP contribution is 2.39. The van der Waals surface area contributed by atoms with Crippen LogP contribution in [0, 0.1) is 0 Å². The Morgan fingerprint density at radius 1 is 1.04 bits per heavy atom. The summed E-state index contributed by atoms with van der Waals surface area (Å²) in [5, 5.41) is 12.9. The van der Waals surface area contributed by atoms with Gasteiger partial charge >= 0.3 is 0 Å². The van der Waals surface area contributed by atoms with Gasteiger partial charge in [-0.15, -0.1) is 0 Å². The predicted molar refractivity (Wildman–Crippen MR) is 117 cm³/mol. The Bertz CT molecular complexity index is 663. The summed E-state index contributed by atoms with van der Waals surface area (Å²) in [5.74, 6) is 0. The van der Waals surface area contributed by atoms with Crippen molar-refractivity contribution in [1.82, 2.24) is 0 Å². The van der Waals surface area contributed by atoms with Crippen molar-refractivity contribution >= 4 is 41.3 Å². The molecule has 5 heteroatoms. The van der Waals surface area contributed by atoms with Crippen LogP contribution in [-0.2, 0) is 9.16 Å². The predicted octanol–water partition coefficient (Wildman–Crippen LogP) is 3.13. The van der Waals surface area contributed by atoms with E-state index >= 15 is 0 Å². The van der Waals surface area contributed by atoms with Crippen LogP contribution in [0.25, 0.3) is 0 Å². The Hall–Kier alpha value is -0.733. The Morgan fingerprint density at radius 3 is 1.96 bits per heavy atom. The first-order chi connectivity index (χ1) is 12.4. The second-order valence-electron chi connectivity index (χ2n) is 7.84. The molecule has 0 amide bonds. The largest absolute Gasteiger partial charge is 0.399 e. The summed E-state index contributed by atoms with van der Waals surface area (Å²) in [6.07, 6.45) is -0.970. The molecule has 3 nitrogen and oxygen atoms in total. The average molecular weight is 482 g/mol. The van der Waals surface area contributed by atoms with Gasteiger partial charge in [-0.3, -0.25) is 0 Å². The summed E-state index contributed by atoms with van der Waals surface area (Å²) >= 11 is 2.32. The lowest BCUT2D eigenvalue weighted by atomic mass is 10.2. The van der Waals surface area contributed by atoms with Crippen LogP contribution >= 0.6 is 22.6 Å². The van der Waals surface area contributed by atoms with E-state index in [0.29, 0.717) is 6.61 Å². The van der Waals surface area contributed by atoms with E-state index in [9.17, 15) is 5.11 Å². The summed E-state index contributed by atoms with van der Waals surface area (Å²) in [7, 11) is -2.66. The molecule has 0 radical (unpaired) electrons. The molecule has 3 rings (SSSR count). The van der Waals surface area contributed by atoms with Crippen molar-refractivity contribution in [1.29, 1.82) is 0 Å². The number of alkyl halides is 1. The van der Waals surface area contributed by atoms with E-state index in [1.54, 1.807) is 0 Å². The van der Waals surface area contributed by atoms with E-state index in [4.69, 9.17) is 9.16 Å². The minimum atomic E-state index is -2.66. The smallest absolute Gasteiger partial charge is 0.261 e. The average Bonchev–Trinajstić information content (AvgIpc) is 2.99. The molecule has 0 bridgehead atoms. The molecular weight excluding hydrogens is 455 g/mol. The molecule has 26 heavy (non-hydrogen) atoms. The first kappa shape index (κ1) is 20.0. The van der Waals surface area contributed by atoms with Gasteiger partial charge in [0.25, 0.3) is 8.32 Å². The monoisotopic (exact) mass is 482 g/mol. The Balaban J connectivity index is 2.18. The molecule has 1 saturated heterocycles. The molecule has 0 aromatic heterocycles. The van der Waals surface area contributed by atoms with Crippen LogP contribution in [0.2, 0.25) is 5.04 Å². The minimum Gasteiger partial charge on any atom is -0.399 e. The summed E-state index contributed by atoms with van der Waals surface area (Å²) in [6, 6.07) is 21.1. The van der Waals surface area contributed by atoms with Gasteiger partial charge in [-0.1, -0.05) is 104 Å². The number of rotatable bonds is 5. The van der Waals surface area contributed by atoms with E-state index in [2.05, 4.69) is 91.9 Å². The standard InChI is InChI=1S/C21H27IO3Si/c1-21(2,3)26(16-10-6-4-7-11-16,17-12-8-5-9-13-17)25-20-18(23)15-24-19(20)14-22/h4-13,18-20,23H,14-15H2,1-3H3/t18-,19+,20+/m1/s1. The van der Waals surface area contributed by atoms with Crippen LogP contribution in [-0.4, -0.2) is 42.8 Å². The molecule has 0 aliphatic carbocycles. The lowest BCUT2D eigenvalue weighted by molar-refractivity contribution is 0.0463. The number of aliphatic hydroxyl groups excluding tert-OH is 1. The van der Waals surface area contributed by atoms with Crippen molar-refractivity contribution in [3.05, 3.63) is 60.7 Å². The van der Waals surface area contributed by atoms with Crippen LogP contribution in [0.5, 0.6) is 0 Å². The highest BCUT2D eigenvalue weighted by atomic mass is 127. The van der Waals surface area contributed by atoms with Gasteiger partial charge in [-0.25, -0.2) is 0 Å². The number of ether oxygens (including phenoxy) is 1. The highest BCUT2D eigenvalue weighted by molar-refractivity contribution is 14.1. The lowest BCUT2D eigenvalue weighted by Gasteiger charge is -2.45. The molecule has 2 aromatic rings. The van der Waals surface area contributed by atoms with Crippen molar-refractivity contribution in [3.63, 3.8) is 0 Å². The van der Waals surface area contributed by atoms with Gasteiger partial charge < -0.3 is 14.3 Å². The maximum atomic E-state index is 10.6. The minimum absolute atomic E-state index is 0.0766. The van der Waals surface area contributed by atoms with Gasteiger partial charge in [0.05, 0.1) is 12.7 Å². The van der Waals surface area contributed by atoms with E-state index in [-0.39, 0.29) is 17.2 Å². The van der Waals surface area contributed by atoms with Crippen molar-refractivity contribution in [3.8, 4) is 0 Å². The fourth-order valence-electron chi connectivity index (χ4n) is 3.84. The normalized spacial score (nSPS) is 24.0. The van der Waals surface area contributed by atoms with E-state index in [0.717, 1.165) is 4.43 Å². The van der Waals surface area contributed by atoms with Crippen LogP contribution in [0.4, 0.5) is 0 Å². The second kappa shape index (κ2) is 8.10. The molecule has 0 saturated carbocycles. The Morgan fingerprint density at radius 2 is 1.54 bits per heavy atom. The molecule has 1 heterocycles. The molecule has 2 aromatic carbocycles. The van der Waals surface area contributed by atoms with Gasteiger partial charge in [0.2, 0.25) is 0 Å². The van der Waals surface area contributed by atoms with Gasteiger partial charge in [0.15, 0.2) is 0 Å². The molecular formula is C21H27IO3Si. The molecule has 1 aliphatic rings. The zero-order valence-corrected chi connectivity index (χ0v) is 18.7. The quantitative estimate of drug-likeness (QED) is 0.405. The number of halogens is 1. The van der Waals surface area contributed by atoms with Gasteiger partial charge in [-0.2, -0.15) is 0 Å². The first-order valence-corrected chi connectivity index (χ1v) is 12.5. The van der Waals surface area contributed by atoms with Gasteiger partial charge in [0, 0.05) is 4.43 Å².